The fourth-order valence-corrected chi connectivity index (χ4v) is 5.33. The molecule has 1 saturated carbocycles. The van der Waals surface area contributed by atoms with Crippen LogP contribution >= 0.6 is 11.3 Å². The lowest BCUT2D eigenvalue weighted by atomic mass is 9.79. The van der Waals surface area contributed by atoms with Gasteiger partial charge in [0.2, 0.25) is 0 Å². The highest BCUT2D eigenvalue weighted by atomic mass is 32.1. The first-order valence-electron chi connectivity index (χ1n) is 10.4. The number of thiophene rings is 1. The summed E-state index contributed by atoms with van der Waals surface area (Å²) in [5.41, 5.74) is 9.51. The van der Waals surface area contributed by atoms with E-state index in [0.29, 0.717) is 25.1 Å². The van der Waals surface area contributed by atoms with Gasteiger partial charge in [-0.15, -0.1) is 11.3 Å². The van der Waals surface area contributed by atoms with Crippen molar-refractivity contribution in [3.05, 3.63) is 53.5 Å². The third-order valence-electron chi connectivity index (χ3n) is 6.00. The Morgan fingerprint density at radius 2 is 2.13 bits per heavy atom. The summed E-state index contributed by atoms with van der Waals surface area (Å²) >= 11 is 1.59. The number of nitriles is 1. The van der Waals surface area contributed by atoms with Crippen LogP contribution in [0.3, 0.4) is 0 Å². The summed E-state index contributed by atoms with van der Waals surface area (Å²) in [6.45, 7) is 0.308. The maximum Gasteiger partial charge on any atom is 0.407 e. The maximum absolute atomic E-state index is 12.2. The number of carbonyl (C=O) groups is 1. The van der Waals surface area contributed by atoms with Crippen LogP contribution in [0.5, 0.6) is 0 Å². The topological polar surface area (TPSA) is 115 Å². The Morgan fingerprint density at radius 1 is 1.32 bits per heavy atom. The van der Waals surface area contributed by atoms with Crippen molar-refractivity contribution < 1.29 is 9.90 Å². The standard InChI is InChI=1S/C23H25N5O2S/c24-10-8-16-6-7-17(27-21-18(25)13-26-19-9-11-31-22(19)21)12-20(16)28(23(29)30)14-15-4-2-1-3-5-15/h1-5,9,11,13,16-17,20H,6-8,12,14,25H2,(H,26,27)(H,29,30)/t16-,17+,20-/m1/s1. The molecule has 4 rings (SSSR count). The summed E-state index contributed by atoms with van der Waals surface area (Å²) in [6.07, 6.45) is 3.32. The van der Waals surface area contributed by atoms with Gasteiger partial charge in [-0.05, 0) is 42.2 Å². The summed E-state index contributed by atoms with van der Waals surface area (Å²) in [6, 6.07) is 13.6. The Morgan fingerprint density at radius 3 is 2.87 bits per heavy atom. The lowest BCUT2D eigenvalue weighted by Crippen LogP contribution is -2.49. The molecular formula is C23H25N5O2S. The van der Waals surface area contributed by atoms with E-state index in [1.807, 2.05) is 41.8 Å². The van der Waals surface area contributed by atoms with Crippen molar-refractivity contribution in [2.45, 2.75) is 44.3 Å². The molecule has 2 heterocycles. The van der Waals surface area contributed by atoms with Gasteiger partial charge in [-0.3, -0.25) is 4.98 Å². The molecule has 1 amide bonds. The number of pyridine rings is 1. The van der Waals surface area contributed by atoms with E-state index in [1.54, 1.807) is 17.5 Å². The Balaban J connectivity index is 1.58. The van der Waals surface area contributed by atoms with Gasteiger partial charge >= 0.3 is 6.09 Å². The second-order valence-electron chi connectivity index (χ2n) is 7.96. The van der Waals surface area contributed by atoms with Crippen molar-refractivity contribution in [1.82, 2.24) is 9.88 Å². The van der Waals surface area contributed by atoms with Crippen molar-refractivity contribution in [3.8, 4) is 6.07 Å². The highest BCUT2D eigenvalue weighted by molar-refractivity contribution is 7.17. The molecule has 0 radical (unpaired) electrons. The Hall–Kier alpha value is -3.31. The van der Waals surface area contributed by atoms with E-state index < -0.39 is 6.09 Å². The number of rotatable bonds is 6. The number of nitrogens with zero attached hydrogens (tertiary/aromatic N) is 3. The number of amides is 1. The number of benzene rings is 1. The van der Waals surface area contributed by atoms with Gasteiger partial charge in [0.05, 0.1) is 33.9 Å². The first kappa shape index (κ1) is 20.9. The van der Waals surface area contributed by atoms with E-state index in [2.05, 4.69) is 16.4 Å². The molecule has 7 nitrogen and oxygen atoms in total. The van der Waals surface area contributed by atoms with E-state index in [1.165, 1.54) is 4.90 Å². The van der Waals surface area contributed by atoms with Crippen molar-refractivity contribution >= 4 is 39.0 Å². The maximum atomic E-state index is 12.2. The van der Waals surface area contributed by atoms with Crippen LogP contribution in [0.1, 0.15) is 31.2 Å². The number of nitrogen functional groups attached to an aromatic ring is 1. The zero-order valence-corrected chi connectivity index (χ0v) is 17.9. The SMILES string of the molecule is N#CC[C@H]1CC[C@H](Nc2c(N)cnc3ccsc23)C[C@H]1N(Cc1ccccc1)C(=O)O. The van der Waals surface area contributed by atoms with Gasteiger partial charge in [0.1, 0.15) is 0 Å². The second kappa shape index (κ2) is 9.23. The molecule has 0 saturated heterocycles. The summed E-state index contributed by atoms with van der Waals surface area (Å²) < 4.78 is 1.01. The van der Waals surface area contributed by atoms with E-state index in [9.17, 15) is 15.2 Å². The smallest absolute Gasteiger partial charge is 0.407 e. The molecule has 0 spiro atoms. The summed E-state index contributed by atoms with van der Waals surface area (Å²) in [7, 11) is 0. The quantitative estimate of drug-likeness (QED) is 0.506. The molecule has 3 aromatic rings. The molecule has 160 valence electrons. The molecule has 1 aliphatic carbocycles. The summed E-state index contributed by atoms with van der Waals surface area (Å²) in [5.74, 6) is 0.0133. The van der Waals surface area contributed by atoms with Crippen LogP contribution in [0, 0.1) is 17.2 Å². The minimum absolute atomic E-state index is 0.0133. The van der Waals surface area contributed by atoms with Crippen LogP contribution in [0.4, 0.5) is 16.2 Å². The predicted molar refractivity (Wildman–Crippen MR) is 123 cm³/mol. The molecule has 0 aliphatic heterocycles. The van der Waals surface area contributed by atoms with Gasteiger partial charge in [-0.2, -0.15) is 5.26 Å². The van der Waals surface area contributed by atoms with Crippen molar-refractivity contribution in [2.75, 3.05) is 11.1 Å². The van der Waals surface area contributed by atoms with Gasteiger partial charge < -0.3 is 21.1 Å². The van der Waals surface area contributed by atoms with Gasteiger partial charge in [-0.25, -0.2) is 4.79 Å². The molecule has 1 aromatic carbocycles. The van der Waals surface area contributed by atoms with Crippen molar-refractivity contribution in [3.63, 3.8) is 0 Å². The number of nitrogens with two attached hydrogens (primary N) is 1. The van der Waals surface area contributed by atoms with Gasteiger partial charge in [0.25, 0.3) is 0 Å². The minimum atomic E-state index is -0.957. The van der Waals surface area contributed by atoms with Gasteiger partial charge in [-0.1, -0.05) is 30.3 Å². The van der Waals surface area contributed by atoms with Crippen molar-refractivity contribution in [2.24, 2.45) is 5.92 Å². The number of anilines is 2. The fourth-order valence-electron chi connectivity index (χ4n) is 4.46. The fraction of sp³-hybridized carbons (Fsp3) is 0.348. The third-order valence-corrected chi connectivity index (χ3v) is 6.92. The second-order valence-corrected chi connectivity index (χ2v) is 8.88. The Bertz CT molecular complexity index is 1090. The van der Waals surface area contributed by atoms with E-state index in [-0.39, 0.29) is 18.0 Å². The molecule has 0 bridgehead atoms. The largest absolute Gasteiger partial charge is 0.465 e. The van der Waals surface area contributed by atoms with Crippen LogP contribution < -0.4 is 11.1 Å². The van der Waals surface area contributed by atoms with Gasteiger partial charge in [0, 0.05) is 25.0 Å². The average molecular weight is 436 g/mol. The first-order valence-corrected chi connectivity index (χ1v) is 11.2. The van der Waals surface area contributed by atoms with Crippen LogP contribution in [0.2, 0.25) is 0 Å². The number of aromatic nitrogens is 1. The van der Waals surface area contributed by atoms with Crippen LogP contribution in [0.25, 0.3) is 10.2 Å². The molecule has 31 heavy (non-hydrogen) atoms. The van der Waals surface area contributed by atoms with Crippen LogP contribution in [0.15, 0.2) is 48.0 Å². The normalized spacial score (nSPS) is 20.8. The lowest BCUT2D eigenvalue weighted by Gasteiger charge is -2.41. The molecular weight excluding hydrogens is 410 g/mol. The Labute approximate surface area is 185 Å². The number of carboxylic acid groups (broad SMARTS) is 1. The molecule has 8 heteroatoms. The van der Waals surface area contributed by atoms with E-state index >= 15 is 0 Å². The monoisotopic (exact) mass is 435 g/mol. The summed E-state index contributed by atoms with van der Waals surface area (Å²) in [5, 5.41) is 24.9. The van der Waals surface area contributed by atoms with Crippen LogP contribution in [-0.2, 0) is 6.54 Å². The molecule has 1 fully saturated rings. The number of nitrogens with one attached hydrogen (secondary N) is 1. The van der Waals surface area contributed by atoms with Crippen LogP contribution in [-0.4, -0.2) is 33.2 Å². The molecule has 2 aromatic heterocycles. The third kappa shape index (κ3) is 4.57. The summed E-state index contributed by atoms with van der Waals surface area (Å²) in [4.78, 5) is 18.1. The number of fused-ring (bicyclic) bond motifs is 1. The van der Waals surface area contributed by atoms with E-state index in [4.69, 9.17) is 5.73 Å². The average Bonchev–Trinajstić information content (AvgIpc) is 3.25. The number of hydrogen-bond acceptors (Lipinski definition) is 6. The van der Waals surface area contributed by atoms with Gasteiger partial charge in [0.15, 0.2) is 0 Å². The first-order chi connectivity index (χ1) is 15.1. The van der Waals surface area contributed by atoms with Crippen molar-refractivity contribution in [1.29, 1.82) is 5.26 Å². The lowest BCUT2D eigenvalue weighted by molar-refractivity contribution is 0.0790. The zero-order chi connectivity index (χ0) is 21.8. The van der Waals surface area contributed by atoms with E-state index in [0.717, 1.165) is 34.3 Å². The zero-order valence-electron chi connectivity index (χ0n) is 17.1. The molecule has 0 unspecified atom stereocenters. The number of hydrogen-bond donors (Lipinski definition) is 3. The minimum Gasteiger partial charge on any atom is -0.465 e. The predicted octanol–water partition coefficient (Wildman–Crippen LogP) is 4.92. The molecule has 4 N–H and O–H groups in total. The molecule has 3 atom stereocenters. The molecule has 1 aliphatic rings. The highest BCUT2D eigenvalue weighted by Gasteiger charge is 2.37. The highest BCUT2D eigenvalue weighted by Crippen LogP contribution is 2.37. The Kier molecular flexibility index (Phi) is 6.23.